The third-order valence-corrected chi connectivity index (χ3v) is 5.56. The molecule has 0 aromatic heterocycles. The van der Waals surface area contributed by atoms with E-state index in [0.29, 0.717) is 5.92 Å². The monoisotopic (exact) mass is 394 g/mol. The van der Waals surface area contributed by atoms with Gasteiger partial charge >= 0.3 is 0 Å². The summed E-state index contributed by atoms with van der Waals surface area (Å²) in [5.74, 6) is 3.25. The van der Waals surface area contributed by atoms with Crippen LogP contribution < -0.4 is 4.74 Å². The summed E-state index contributed by atoms with van der Waals surface area (Å²) in [5, 5.41) is 0. The molecule has 1 aromatic rings. The van der Waals surface area contributed by atoms with E-state index in [1.54, 1.807) is 0 Å². The number of amidine groups is 2. The molecule has 4 rings (SSSR count). The minimum absolute atomic E-state index is 0.604. The van der Waals surface area contributed by atoms with Gasteiger partial charge in [0.25, 0.3) is 0 Å². The fraction of sp³-hybridized carbons (Fsp3) is 0.478. The number of fused-ring (bicyclic) bond motifs is 1. The van der Waals surface area contributed by atoms with Gasteiger partial charge in [-0.15, -0.1) is 0 Å². The predicted octanol–water partition coefficient (Wildman–Crippen LogP) is 3.77. The fourth-order valence-electron chi connectivity index (χ4n) is 3.67. The van der Waals surface area contributed by atoms with Gasteiger partial charge in [-0.25, -0.2) is 9.98 Å². The van der Waals surface area contributed by atoms with Crippen LogP contribution in [0.1, 0.15) is 32.3 Å². The van der Waals surface area contributed by atoms with E-state index < -0.39 is 0 Å². The minimum atomic E-state index is 0.604. The summed E-state index contributed by atoms with van der Waals surface area (Å²) in [5.41, 5.74) is 2.06. The Labute approximate surface area is 173 Å². The normalized spacial score (nSPS) is 19.9. The van der Waals surface area contributed by atoms with Crippen molar-refractivity contribution < 1.29 is 9.47 Å². The van der Waals surface area contributed by atoms with Gasteiger partial charge in [0, 0.05) is 32.5 Å². The highest BCUT2D eigenvalue weighted by atomic mass is 16.5. The number of hydrogen-bond acceptors (Lipinski definition) is 6. The van der Waals surface area contributed by atoms with Crippen molar-refractivity contribution in [1.82, 2.24) is 9.80 Å². The fourth-order valence-corrected chi connectivity index (χ4v) is 3.67. The number of nitrogens with zero attached hydrogens (tertiary/aromatic N) is 4. The Morgan fingerprint density at radius 2 is 1.86 bits per heavy atom. The van der Waals surface area contributed by atoms with E-state index in [4.69, 9.17) is 14.5 Å². The van der Waals surface area contributed by atoms with E-state index in [1.807, 2.05) is 18.2 Å². The summed E-state index contributed by atoms with van der Waals surface area (Å²) in [7, 11) is 0. The summed E-state index contributed by atoms with van der Waals surface area (Å²) in [6, 6.07) is 8.20. The molecule has 3 aliphatic heterocycles. The third kappa shape index (κ3) is 4.88. The SMILES string of the molecule is CCN1C=C2N=C(/C=C/c3ccc(OCC4CCOCC4)cc3)N=C2N(CC)C1. The molecule has 3 heterocycles. The summed E-state index contributed by atoms with van der Waals surface area (Å²) in [6.45, 7) is 9.56. The van der Waals surface area contributed by atoms with Crippen LogP contribution in [0.3, 0.4) is 0 Å². The molecule has 0 bridgehead atoms. The lowest BCUT2D eigenvalue weighted by Gasteiger charge is -2.33. The molecule has 6 heteroatoms. The average Bonchev–Trinajstić information content (AvgIpc) is 3.20. The Bertz CT molecular complexity index is 820. The topological polar surface area (TPSA) is 49.7 Å². The van der Waals surface area contributed by atoms with Gasteiger partial charge in [0.05, 0.1) is 13.3 Å². The second kappa shape index (κ2) is 9.27. The van der Waals surface area contributed by atoms with Crippen molar-refractivity contribution in [3.05, 3.63) is 47.8 Å². The van der Waals surface area contributed by atoms with Crippen molar-refractivity contribution >= 4 is 17.7 Å². The van der Waals surface area contributed by atoms with Gasteiger partial charge < -0.3 is 19.3 Å². The van der Waals surface area contributed by atoms with Crippen molar-refractivity contribution in [2.75, 3.05) is 39.6 Å². The minimum Gasteiger partial charge on any atom is -0.493 e. The van der Waals surface area contributed by atoms with Gasteiger partial charge in [0.15, 0.2) is 11.7 Å². The lowest BCUT2D eigenvalue weighted by atomic mass is 10.0. The van der Waals surface area contributed by atoms with E-state index in [0.717, 1.165) is 81.1 Å². The second-order valence-electron chi connectivity index (χ2n) is 7.59. The Balaban J connectivity index is 1.36. The van der Waals surface area contributed by atoms with Crippen molar-refractivity contribution in [2.24, 2.45) is 15.9 Å². The lowest BCUT2D eigenvalue weighted by molar-refractivity contribution is 0.0497. The molecule has 0 unspecified atom stereocenters. The maximum absolute atomic E-state index is 5.94. The summed E-state index contributed by atoms with van der Waals surface area (Å²) in [4.78, 5) is 13.9. The maximum Gasteiger partial charge on any atom is 0.160 e. The molecular weight excluding hydrogens is 364 g/mol. The zero-order valence-corrected chi connectivity index (χ0v) is 17.4. The van der Waals surface area contributed by atoms with Gasteiger partial charge in [-0.3, -0.25) is 0 Å². The van der Waals surface area contributed by atoms with Crippen LogP contribution in [0.4, 0.5) is 0 Å². The largest absolute Gasteiger partial charge is 0.493 e. The Hall–Kier alpha value is -2.60. The molecule has 154 valence electrons. The van der Waals surface area contributed by atoms with Crippen LogP contribution >= 0.6 is 0 Å². The van der Waals surface area contributed by atoms with Crippen molar-refractivity contribution in [1.29, 1.82) is 0 Å². The Morgan fingerprint density at radius 3 is 2.59 bits per heavy atom. The van der Waals surface area contributed by atoms with Crippen LogP contribution in [0.2, 0.25) is 0 Å². The zero-order valence-electron chi connectivity index (χ0n) is 17.4. The molecule has 0 radical (unpaired) electrons. The third-order valence-electron chi connectivity index (χ3n) is 5.56. The first-order valence-electron chi connectivity index (χ1n) is 10.6. The second-order valence-corrected chi connectivity index (χ2v) is 7.59. The molecule has 1 fully saturated rings. The van der Waals surface area contributed by atoms with Gasteiger partial charge in [-0.1, -0.05) is 18.2 Å². The number of ether oxygens (including phenoxy) is 2. The van der Waals surface area contributed by atoms with Gasteiger partial charge in [-0.2, -0.15) is 0 Å². The number of hydrogen-bond donors (Lipinski definition) is 0. The van der Waals surface area contributed by atoms with Gasteiger partial charge in [0.2, 0.25) is 0 Å². The van der Waals surface area contributed by atoms with Crippen LogP contribution in [-0.2, 0) is 4.74 Å². The lowest BCUT2D eigenvalue weighted by Crippen LogP contribution is -2.43. The summed E-state index contributed by atoms with van der Waals surface area (Å²) >= 11 is 0. The first-order valence-corrected chi connectivity index (χ1v) is 10.6. The molecule has 0 N–H and O–H groups in total. The van der Waals surface area contributed by atoms with Gasteiger partial charge in [-0.05, 0) is 56.4 Å². The quantitative estimate of drug-likeness (QED) is 0.706. The first-order chi connectivity index (χ1) is 14.2. The average molecular weight is 395 g/mol. The highest BCUT2D eigenvalue weighted by Gasteiger charge is 2.26. The van der Waals surface area contributed by atoms with Crippen molar-refractivity contribution in [2.45, 2.75) is 26.7 Å². The standard InChI is InChI=1S/C23H30N4O2/c1-3-26-15-21-23(27(4-2)17-26)25-22(24-21)10-7-18-5-8-20(9-6-18)29-16-19-11-13-28-14-12-19/h5-10,15,19H,3-4,11-14,16-17H2,1-2H3/b10-7+. The molecular formula is C23H30N4O2. The number of likely N-dealkylation sites (N-methyl/N-ethyl adjacent to an activating group) is 1. The molecule has 29 heavy (non-hydrogen) atoms. The van der Waals surface area contributed by atoms with Crippen LogP contribution in [0, 0.1) is 5.92 Å². The first kappa shape index (κ1) is 19.7. The van der Waals surface area contributed by atoms with Crippen LogP contribution in [0.5, 0.6) is 5.75 Å². The highest BCUT2D eigenvalue weighted by molar-refractivity contribution is 6.16. The molecule has 0 spiro atoms. The molecule has 0 atom stereocenters. The number of aliphatic imine (C=N–C) groups is 2. The molecule has 0 aliphatic carbocycles. The number of rotatable bonds is 7. The zero-order chi connectivity index (χ0) is 20.1. The van der Waals surface area contributed by atoms with Crippen LogP contribution in [0.15, 0.2) is 52.2 Å². The van der Waals surface area contributed by atoms with E-state index in [1.165, 1.54) is 0 Å². The Kier molecular flexibility index (Phi) is 6.30. The molecule has 1 saturated heterocycles. The van der Waals surface area contributed by atoms with Crippen molar-refractivity contribution in [3.8, 4) is 5.75 Å². The highest BCUT2D eigenvalue weighted by Crippen LogP contribution is 2.22. The molecule has 3 aliphatic rings. The van der Waals surface area contributed by atoms with E-state index in [9.17, 15) is 0 Å². The summed E-state index contributed by atoms with van der Waals surface area (Å²) in [6.07, 6.45) is 8.32. The van der Waals surface area contributed by atoms with Gasteiger partial charge in [0.1, 0.15) is 11.4 Å². The van der Waals surface area contributed by atoms with Crippen molar-refractivity contribution in [3.63, 3.8) is 0 Å². The van der Waals surface area contributed by atoms with E-state index in [2.05, 4.69) is 53.0 Å². The predicted molar refractivity (Wildman–Crippen MR) is 117 cm³/mol. The van der Waals surface area contributed by atoms with E-state index in [-0.39, 0.29) is 0 Å². The molecule has 0 amide bonds. The molecule has 1 aromatic carbocycles. The van der Waals surface area contributed by atoms with Crippen LogP contribution in [0.25, 0.3) is 6.08 Å². The number of benzene rings is 1. The van der Waals surface area contributed by atoms with Crippen LogP contribution in [-0.4, -0.2) is 61.0 Å². The summed E-state index contributed by atoms with van der Waals surface area (Å²) < 4.78 is 11.3. The molecule has 0 saturated carbocycles. The smallest absolute Gasteiger partial charge is 0.160 e. The maximum atomic E-state index is 5.94. The Morgan fingerprint density at radius 1 is 1.07 bits per heavy atom. The molecule has 6 nitrogen and oxygen atoms in total. The van der Waals surface area contributed by atoms with E-state index >= 15 is 0 Å².